The number of amides is 1. The fraction of sp³-hybridized carbons (Fsp3) is 0.231. The number of likely N-dealkylation sites (tertiary alicyclic amines) is 1. The van der Waals surface area contributed by atoms with Gasteiger partial charge in [0.25, 0.3) is 0 Å². The highest BCUT2D eigenvalue weighted by atomic mass is 16.5. The molecule has 2 aromatic carbocycles. The molecule has 5 aromatic rings. The number of hydrogen-bond acceptors (Lipinski definition) is 8. The third-order valence-electron chi connectivity index (χ3n) is 6.30. The van der Waals surface area contributed by atoms with Gasteiger partial charge in [0, 0.05) is 50.0 Å². The van der Waals surface area contributed by atoms with E-state index in [2.05, 4.69) is 25.1 Å². The summed E-state index contributed by atoms with van der Waals surface area (Å²) >= 11 is 0. The highest BCUT2D eigenvalue weighted by Crippen LogP contribution is 2.41. The fourth-order valence-corrected chi connectivity index (χ4v) is 4.63. The van der Waals surface area contributed by atoms with E-state index in [4.69, 9.17) is 14.2 Å². The molecule has 6 rings (SSSR count). The van der Waals surface area contributed by atoms with Crippen molar-refractivity contribution in [3.05, 3.63) is 66.4 Å². The Morgan fingerprint density at radius 2 is 2.03 bits per heavy atom. The minimum atomic E-state index is -0.0771. The zero-order chi connectivity index (χ0) is 24.6. The predicted octanol–water partition coefficient (Wildman–Crippen LogP) is 4.85. The lowest BCUT2D eigenvalue weighted by atomic mass is 10.0. The second kappa shape index (κ2) is 8.88. The molecule has 0 spiro atoms. The molecule has 1 atom stereocenters. The number of ether oxygens (including phenoxy) is 1. The standard InChI is InChI=1S/C26H23N7O3/c1-15-29-25(32-36-15)17-5-7-18(8-6-17)35-24-13-21-20(30-26(31-21)22-14-27-9-10-28-22)12-19(24)23-4-3-11-33(23)16(2)34/h5-10,12-14,23H,3-4,11H2,1-2H3,(H,30,31). The van der Waals surface area contributed by atoms with Crippen molar-refractivity contribution in [1.82, 2.24) is 35.0 Å². The molecule has 4 heterocycles. The average molecular weight is 482 g/mol. The number of hydrogen-bond donors (Lipinski definition) is 1. The molecule has 0 aliphatic carbocycles. The molecule has 1 aliphatic heterocycles. The van der Waals surface area contributed by atoms with Crippen LogP contribution >= 0.6 is 0 Å². The van der Waals surface area contributed by atoms with Crippen LogP contribution in [0.1, 0.15) is 37.3 Å². The first kappa shape index (κ1) is 21.9. The Kier molecular flexibility index (Phi) is 5.40. The molecule has 10 heteroatoms. The summed E-state index contributed by atoms with van der Waals surface area (Å²) in [4.78, 5) is 35.1. The Morgan fingerprint density at radius 3 is 2.75 bits per heavy atom. The normalized spacial score (nSPS) is 15.5. The number of aromatic nitrogens is 6. The van der Waals surface area contributed by atoms with E-state index >= 15 is 0 Å². The van der Waals surface area contributed by atoms with E-state index in [0.717, 1.165) is 41.5 Å². The summed E-state index contributed by atoms with van der Waals surface area (Å²) in [7, 11) is 0. The van der Waals surface area contributed by atoms with E-state index in [-0.39, 0.29) is 11.9 Å². The van der Waals surface area contributed by atoms with Gasteiger partial charge < -0.3 is 19.1 Å². The Morgan fingerprint density at radius 1 is 1.17 bits per heavy atom. The number of H-pyrrole nitrogens is 1. The number of carbonyl (C=O) groups excluding carboxylic acids is 1. The van der Waals surface area contributed by atoms with Crippen molar-refractivity contribution in [3.8, 4) is 34.4 Å². The Bertz CT molecular complexity index is 1540. The minimum absolute atomic E-state index is 0.0492. The first-order chi connectivity index (χ1) is 17.5. The minimum Gasteiger partial charge on any atom is -0.457 e. The fourth-order valence-electron chi connectivity index (χ4n) is 4.63. The van der Waals surface area contributed by atoms with Gasteiger partial charge >= 0.3 is 0 Å². The van der Waals surface area contributed by atoms with Gasteiger partial charge in [-0.3, -0.25) is 9.78 Å². The summed E-state index contributed by atoms with van der Waals surface area (Å²) < 4.78 is 11.5. The molecule has 180 valence electrons. The lowest BCUT2D eigenvalue weighted by Crippen LogP contribution is -2.28. The van der Waals surface area contributed by atoms with E-state index < -0.39 is 0 Å². The molecule has 3 aromatic heterocycles. The molecule has 1 fully saturated rings. The number of carbonyl (C=O) groups is 1. The molecule has 1 N–H and O–H groups in total. The zero-order valence-electron chi connectivity index (χ0n) is 19.8. The third kappa shape index (κ3) is 4.06. The van der Waals surface area contributed by atoms with E-state index in [1.807, 2.05) is 41.3 Å². The van der Waals surface area contributed by atoms with Gasteiger partial charge in [-0.1, -0.05) is 5.16 Å². The molecular formula is C26H23N7O3. The van der Waals surface area contributed by atoms with Gasteiger partial charge in [-0.25, -0.2) is 9.97 Å². The van der Waals surface area contributed by atoms with Gasteiger partial charge in [0.1, 0.15) is 17.2 Å². The molecule has 1 aliphatic rings. The monoisotopic (exact) mass is 481 g/mol. The van der Waals surface area contributed by atoms with Crippen LogP contribution in [0.4, 0.5) is 0 Å². The first-order valence-electron chi connectivity index (χ1n) is 11.7. The quantitative estimate of drug-likeness (QED) is 0.378. The van der Waals surface area contributed by atoms with Gasteiger partial charge in [0.15, 0.2) is 5.82 Å². The molecule has 1 amide bonds. The molecular weight excluding hydrogens is 458 g/mol. The van der Waals surface area contributed by atoms with Crippen molar-refractivity contribution < 1.29 is 14.1 Å². The lowest BCUT2D eigenvalue weighted by Gasteiger charge is -2.25. The zero-order valence-corrected chi connectivity index (χ0v) is 19.8. The summed E-state index contributed by atoms with van der Waals surface area (Å²) in [6, 6.07) is 11.4. The van der Waals surface area contributed by atoms with Gasteiger partial charge in [-0.2, -0.15) is 4.98 Å². The summed E-state index contributed by atoms with van der Waals surface area (Å²) in [5.41, 5.74) is 3.99. The van der Waals surface area contributed by atoms with Crippen LogP contribution in [0, 0.1) is 6.92 Å². The number of fused-ring (bicyclic) bond motifs is 1. The van der Waals surface area contributed by atoms with Gasteiger partial charge in [0.2, 0.25) is 17.6 Å². The molecule has 1 saturated heterocycles. The van der Waals surface area contributed by atoms with Crippen LogP contribution in [0.5, 0.6) is 11.5 Å². The van der Waals surface area contributed by atoms with Crippen molar-refractivity contribution in [1.29, 1.82) is 0 Å². The first-order valence-corrected chi connectivity index (χ1v) is 11.7. The van der Waals surface area contributed by atoms with E-state index in [9.17, 15) is 4.79 Å². The number of aryl methyl sites for hydroxylation is 1. The van der Waals surface area contributed by atoms with Crippen LogP contribution in [-0.2, 0) is 4.79 Å². The molecule has 36 heavy (non-hydrogen) atoms. The van der Waals surface area contributed by atoms with Gasteiger partial charge in [-0.05, 0) is 43.2 Å². The Labute approximate surface area is 206 Å². The van der Waals surface area contributed by atoms with Gasteiger partial charge in [-0.15, -0.1) is 0 Å². The van der Waals surface area contributed by atoms with Crippen molar-refractivity contribution in [2.75, 3.05) is 6.54 Å². The molecule has 0 radical (unpaired) electrons. The van der Waals surface area contributed by atoms with Crippen molar-refractivity contribution in [3.63, 3.8) is 0 Å². The smallest absolute Gasteiger partial charge is 0.223 e. The number of benzene rings is 2. The predicted molar refractivity (Wildman–Crippen MR) is 131 cm³/mol. The topological polar surface area (TPSA) is 123 Å². The van der Waals surface area contributed by atoms with Crippen molar-refractivity contribution >= 4 is 16.9 Å². The number of aromatic amines is 1. The van der Waals surface area contributed by atoms with Crippen LogP contribution in [0.2, 0.25) is 0 Å². The maximum atomic E-state index is 12.4. The largest absolute Gasteiger partial charge is 0.457 e. The van der Waals surface area contributed by atoms with E-state index in [0.29, 0.717) is 34.7 Å². The second-order valence-corrected chi connectivity index (χ2v) is 8.72. The second-order valence-electron chi connectivity index (χ2n) is 8.72. The summed E-state index contributed by atoms with van der Waals surface area (Å²) in [6.07, 6.45) is 6.72. The molecule has 0 saturated carbocycles. The van der Waals surface area contributed by atoms with Crippen LogP contribution in [0.25, 0.3) is 33.9 Å². The SMILES string of the molecule is CC(=O)N1CCCC1c1cc2[nH]c(-c3cnccn3)nc2cc1Oc1ccc(-c2noc(C)n2)cc1. The summed E-state index contributed by atoms with van der Waals surface area (Å²) in [5, 5.41) is 3.97. The number of nitrogens with zero attached hydrogens (tertiary/aromatic N) is 6. The maximum absolute atomic E-state index is 12.4. The summed E-state index contributed by atoms with van der Waals surface area (Å²) in [5.74, 6) is 3.01. The maximum Gasteiger partial charge on any atom is 0.223 e. The molecule has 1 unspecified atom stereocenters. The molecule has 10 nitrogen and oxygen atoms in total. The van der Waals surface area contributed by atoms with Crippen molar-refractivity contribution in [2.45, 2.75) is 32.7 Å². The van der Waals surface area contributed by atoms with Crippen LogP contribution in [0.3, 0.4) is 0 Å². The number of rotatable bonds is 5. The molecule has 0 bridgehead atoms. The Balaban J connectivity index is 1.40. The van der Waals surface area contributed by atoms with Crippen LogP contribution < -0.4 is 4.74 Å². The van der Waals surface area contributed by atoms with Crippen LogP contribution in [-0.4, -0.2) is 47.4 Å². The van der Waals surface area contributed by atoms with E-state index in [1.54, 1.807) is 32.4 Å². The average Bonchev–Trinajstić information content (AvgIpc) is 3.64. The van der Waals surface area contributed by atoms with Crippen LogP contribution in [0.15, 0.2) is 59.5 Å². The lowest BCUT2D eigenvalue weighted by molar-refractivity contribution is -0.129. The van der Waals surface area contributed by atoms with Crippen molar-refractivity contribution in [2.24, 2.45) is 0 Å². The number of nitrogens with one attached hydrogen (secondary N) is 1. The number of imidazole rings is 1. The highest BCUT2D eigenvalue weighted by molar-refractivity contribution is 5.82. The van der Waals surface area contributed by atoms with E-state index in [1.165, 1.54) is 0 Å². The summed E-state index contributed by atoms with van der Waals surface area (Å²) in [6.45, 7) is 4.09. The highest BCUT2D eigenvalue weighted by Gasteiger charge is 2.31. The van der Waals surface area contributed by atoms with Gasteiger partial charge in [0.05, 0.1) is 23.3 Å². The third-order valence-corrected chi connectivity index (χ3v) is 6.30. The Hall–Kier alpha value is -4.60.